The van der Waals surface area contributed by atoms with Crippen molar-refractivity contribution in [1.82, 2.24) is 0 Å². The lowest BCUT2D eigenvalue weighted by Gasteiger charge is -2.43. The van der Waals surface area contributed by atoms with Crippen molar-refractivity contribution >= 4 is 0 Å². The van der Waals surface area contributed by atoms with Crippen LogP contribution in [0.25, 0.3) is 0 Å². The first-order valence-corrected chi connectivity index (χ1v) is 7.58. The van der Waals surface area contributed by atoms with E-state index in [9.17, 15) is 0 Å². The molecule has 2 atom stereocenters. The zero-order chi connectivity index (χ0) is 13.7. The van der Waals surface area contributed by atoms with Crippen LogP contribution in [0.15, 0.2) is 30.3 Å². The van der Waals surface area contributed by atoms with E-state index >= 15 is 0 Å². The minimum atomic E-state index is 0.114. The van der Waals surface area contributed by atoms with Crippen molar-refractivity contribution in [3.05, 3.63) is 35.9 Å². The summed E-state index contributed by atoms with van der Waals surface area (Å²) >= 11 is 0. The smallest absolute Gasteiger partial charge is 0.0475 e. The van der Waals surface area contributed by atoms with E-state index in [1.54, 1.807) is 0 Å². The van der Waals surface area contributed by atoms with Gasteiger partial charge < -0.3 is 10.5 Å². The van der Waals surface area contributed by atoms with Crippen LogP contribution in [0.3, 0.4) is 0 Å². The highest BCUT2D eigenvalue weighted by atomic mass is 16.5. The van der Waals surface area contributed by atoms with Gasteiger partial charge in [0, 0.05) is 24.7 Å². The molecule has 0 radical (unpaired) electrons. The fourth-order valence-electron chi connectivity index (χ4n) is 3.21. The highest BCUT2D eigenvalue weighted by molar-refractivity contribution is 5.28. The summed E-state index contributed by atoms with van der Waals surface area (Å²) in [7, 11) is 0. The molecule has 1 saturated heterocycles. The van der Waals surface area contributed by atoms with Crippen molar-refractivity contribution in [1.29, 1.82) is 0 Å². The van der Waals surface area contributed by atoms with E-state index < -0.39 is 0 Å². The molecular weight excluding hydrogens is 234 g/mol. The Bertz CT molecular complexity index is 370. The van der Waals surface area contributed by atoms with Crippen molar-refractivity contribution in [3.63, 3.8) is 0 Å². The summed E-state index contributed by atoms with van der Waals surface area (Å²) in [6.07, 6.45) is 4.41. The molecule has 1 aliphatic rings. The molecule has 1 heterocycles. The van der Waals surface area contributed by atoms with E-state index in [0.29, 0.717) is 5.92 Å². The minimum Gasteiger partial charge on any atom is -0.381 e. The number of benzene rings is 1. The van der Waals surface area contributed by atoms with E-state index in [0.717, 1.165) is 32.5 Å². The summed E-state index contributed by atoms with van der Waals surface area (Å²) in [5, 5.41) is 0. The van der Waals surface area contributed by atoms with Crippen molar-refractivity contribution in [2.75, 3.05) is 13.2 Å². The third-order valence-corrected chi connectivity index (χ3v) is 4.80. The molecule has 0 spiro atoms. The third kappa shape index (κ3) is 3.18. The van der Waals surface area contributed by atoms with Gasteiger partial charge in [0.2, 0.25) is 0 Å². The molecule has 106 valence electrons. The molecule has 19 heavy (non-hydrogen) atoms. The molecule has 2 N–H and O–H groups in total. The van der Waals surface area contributed by atoms with Gasteiger partial charge in [-0.1, -0.05) is 50.6 Å². The molecule has 0 aromatic heterocycles. The van der Waals surface area contributed by atoms with Gasteiger partial charge in [0.05, 0.1) is 0 Å². The van der Waals surface area contributed by atoms with Crippen LogP contribution in [0.4, 0.5) is 0 Å². The van der Waals surface area contributed by atoms with Gasteiger partial charge >= 0.3 is 0 Å². The van der Waals surface area contributed by atoms with Crippen molar-refractivity contribution in [2.24, 2.45) is 11.7 Å². The van der Waals surface area contributed by atoms with Crippen LogP contribution in [0.2, 0.25) is 0 Å². The van der Waals surface area contributed by atoms with Gasteiger partial charge in [-0.3, -0.25) is 0 Å². The van der Waals surface area contributed by atoms with Gasteiger partial charge in [0.1, 0.15) is 0 Å². The standard InChI is InChI=1S/C17H27NO/c1-3-14(2)13-16(18)17(9-11-19-12-10-17)15-7-5-4-6-8-15/h4-8,14,16H,3,9-13,18H2,1-2H3. The number of hydrogen-bond acceptors (Lipinski definition) is 2. The number of ether oxygens (including phenoxy) is 1. The Morgan fingerprint density at radius 1 is 1.21 bits per heavy atom. The second-order valence-corrected chi connectivity index (χ2v) is 5.99. The second kappa shape index (κ2) is 6.53. The predicted octanol–water partition coefficient (Wildman–Crippen LogP) is 3.50. The molecule has 0 amide bonds. The van der Waals surface area contributed by atoms with E-state index in [1.807, 2.05) is 0 Å². The normalized spacial score (nSPS) is 21.8. The Morgan fingerprint density at radius 3 is 2.42 bits per heavy atom. The van der Waals surface area contributed by atoms with Crippen LogP contribution in [-0.4, -0.2) is 19.3 Å². The molecule has 1 fully saturated rings. The molecule has 2 unspecified atom stereocenters. The first kappa shape index (κ1) is 14.5. The number of nitrogens with two attached hydrogens (primary N) is 1. The average Bonchev–Trinajstić information content (AvgIpc) is 2.48. The molecule has 0 saturated carbocycles. The fourth-order valence-corrected chi connectivity index (χ4v) is 3.21. The van der Waals surface area contributed by atoms with Crippen LogP contribution >= 0.6 is 0 Å². The van der Waals surface area contributed by atoms with Crippen molar-refractivity contribution in [2.45, 2.75) is 51.0 Å². The lowest BCUT2D eigenvalue weighted by Crippen LogP contribution is -2.49. The molecule has 0 aliphatic carbocycles. The van der Waals surface area contributed by atoms with Gasteiger partial charge in [-0.2, -0.15) is 0 Å². The van der Waals surface area contributed by atoms with Gasteiger partial charge in [0.15, 0.2) is 0 Å². The molecule has 1 aliphatic heterocycles. The maximum atomic E-state index is 6.64. The molecule has 1 aromatic rings. The Hall–Kier alpha value is -0.860. The number of hydrogen-bond donors (Lipinski definition) is 1. The van der Waals surface area contributed by atoms with Crippen LogP contribution in [0.5, 0.6) is 0 Å². The van der Waals surface area contributed by atoms with E-state index in [4.69, 9.17) is 10.5 Å². The lowest BCUT2D eigenvalue weighted by atomic mass is 9.67. The molecule has 0 bridgehead atoms. The maximum absolute atomic E-state index is 6.64. The zero-order valence-corrected chi connectivity index (χ0v) is 12.3. The van der Waals surface area contributed by atoms with Gasteiger partial charge in [-0.15, -0.1) is 0 Å². The van der Waals surface area contributed by atoms with Crippen LogP contribution < -0.4 is 5.73 Å². The Balaban J connectivity index is 2.24. The van der Waals surface area contributed by atoms with E-state index in [2.05, 4.69) is 44.2 Å². The predicted molar refractivity (Wildman–Crippen MR) is 80.2 cm³/mol. The second-order valence-electron chi connectivity index (χ2n) is 5.99. The fraction of sp³-hybridized carbons (Fsp3) is 0.647. The summed E-state index contributed by atoms with van der Waals surface area (Å²) in [6, 6.07) is 11.0. The Morgan fingerprint density at radius 2 is 1.84 bits per heavy atom. The summed E-state index contributed by atoms with van der Waals surface area (Å²) in [5.41, 5.74) is 8.15. The monoisotopic (exact) mass is 261 g/mol. The van der Waals surface area contributed by atoms with Gasteiger partial charge in [-0.05, 0) is 30.7 Å². The molecule has 1 aromatic carbocycles. The Kier molecular flexibility index (Phi) is 5.00. The topological polar surface area (TPSA) is 35.2 Å². The summed E-state index contributed by atoms with van der Waals surface area (Å²) in [5.74, 6) is 0.693. The molecular formula is C17H27NO. The highest BCUT2D eigenvalue weighted by Gasteiger charge is 2.40. The quantitative estimate of drug-likeness (QED) is 0.880. The van der Waals surface area contributed by atoms with E-state index in [-0.39, 0.29) is 11.5 Å². The van der Waals surface area contributed by atoms with Crippen LogP contribution in [0.1, 0.15) is 45.1 Å². The number of rotatable bonds is 5. The zero-order valence-electron chi connectivity index (χ0n) is 12.3. The van der Waals surface area contributed by atoms with Crippen LogP contribution in [0, 0.1) is 5.92 Å². The molecule has 2 heteroatoms. The third-order valence-electron chi connectivity index (χ3n) is 4.80. The summed E-state index contributed by atoms with van der Waals surface area (Å²) in [4.78, 5) is 0. The van der Waals surface area contributed by atoms with Crippen molar-refractivity contribution < 1.29 is 4.74 Å². The maximum Gasteiger partial charge on any atom is 0.0475 e. The largest absolute Gasteiger partial charge is 0.381 e. The van der Waals surface area contributed by atoms with Crippen molar-refractivity contribution in [3.8, 4) is 0 Å². The van der Waals surface area contributed by atoms with Gasteiger partial charge in [-0.25, -0.2) is 0 Å². The summed E-state index contributed by atoms with van der Waals surface area (Å²) in [6.45, 7) is 6.22. The average molecular weight is 261 g/mol. The molecule has 2 nitrogen and oxygen atoms in total. The van der Waals surface area contributed by atoms with Crippen LogP contribution in [-0.2, 0) is 10.2 Å². The van der Waals surface area contributed by atoms with E-state index in [1.165, 1.54) is 12.0 Å². The SMILES string of the molecule is CCC(C)CC(N)C1(c2ccccc2)CCOCC1. The van der Waals surface area contributed by atoms with Gasteiger partial charge in [0.25, 0.3) is 0 Å². The first-order valence-electron chi connectivity index (χ1n) is 7.58. The lowest BCUT2D eigenvalue weighted by molar-refractivity contribution is 0.0368. The highest BCUT2D eigenvalue weighted by Crippen LogP contribution is 2.39. The Labute approximate surface area is 117 Å². The minimum absolute atomic E-state index is 0.114. The summed E-state index contributed by atoms with van der Waals surface area (Å²) < 4.78 is 5.57. The molecule has 2 rings (SSSR count). The first-order chi connectivity index (χ1) is 9.19.